The van der Waals surface area contributed by atoms with Gasteiger partial charge in [0.1, 0.15) is 5.76 Å². The molecule has 0 bridgehead atoms. The minimum Gasteiger partial charge on any atom is -0.508 e. The minimum atomic E-state index is -0.261. The standard InChI is InChI=1S/C13H12O2/c1-3-7-12(10(2)14)13(15)11-8-5-4-6-9-11/h3-9,14H,1-2H2/b12-7+. The Morgan fingerprint density at radius 1 is 1.27 bits per heavy atom. The van der Waals surface area contributed by atoms with Gasteiger partial charge in [-0.15, -0.1) is 0 Å². The molecule has 0 aliphatic carbocycles. The van der Waals surface area contributed by atoms with E-state index in [4.69, 9.17) is 0 Å². The van der Waals surface area contributed by atoms with Crippen molar-refractivity contribution >= 4 is 5.78 Å². The number of ketones is 1. The van der Waals surface area contributed by atoms with Gasteiger partial charge in [-0.1, -0.05) is 49.6 Å². The van der Waals surface area contributed by atoms with Gasteiger partial charge >= 0.3 is 0 Å². The third-order valence-electron chi connectivity index (χ3n) is 1.88. The van der Waals surface area contributed by atoms with Crippen molar-refractivity contribution in [3.63, 3.8) is 0 Å². The highest BCUT2D eigenvalue weighted by Gasteiger charge is 2.13. The lowest BCUT2D eigenvalue weighted by molar-refractivity contribution is 0.103. The van der Waals surface area contributed by atoms with Crippen molar-refractivity contribution in [2.24, 2.45) is 0 Å². The predicted octanol–water partition coefficient (Wildman–Crippen LogP) is 3.05. The zero-order chi connectivity index (χ0) is 11.3. The molecular weight excluding hydrogens is 188 g/mol. The summed E-state index contributed by atoms with van der Waals surface area (Å²) in [5.41, 5.74) is 0.678. The lowest BCUT2D eigenvalue weighted by Crippen LogP contribution is -2.04. The van der Waals surface area contributed by atoms with E-state index in [2.05, 4.69) is 13.2 Å². The van der Waals surface area contributed by atoms with E-state index in [9.17, 15) is 9.90 Å². The summed E-state index contributed by atoms with van der Waals surface area (Å²) in [7, 11) is 0. The molecule has 1 aromatic rings. The monoisotopic (exact) mass is 200 g/mol. The van der Waals surface area contributed by atoms with Crippen LogP contribution >= 0.6 is 0 Å². The highest BCUT2D eigenvalue weighted by Crippen LogP contribution is 2.13. The number of allylic oxidation sites excluding steroid dienone is 3. The Morgan fingerprint density at radius 2 is 1.87 bits per heavy atom. The molecule has 0 radical (unpaired) electrons. The molecule has 0 aliphatic heterocycles. The summed E-state index contributed by atoms with van der Waals surface area (Å²) in [6, 6.07) is 8.71. The van der Waals surface area contributed by atoms with Gasteiger partial charge in [0.25, 0.3) is 0 Å². The highest BCUT2D eigenvalue weighted by molar-refractivity contribution is 6.11. The van der Waals surface area contributed by atoms with Crippen molar-refractivity contribution in [1.29, 1.82) is 0 Å². The number of carbonyl (C=O) groups is 1. The molecule has 1 rings (SSSR count). The number of aliphatic hydroxyl groups is 1. The molecule has 0 aromatic heterocycles. The average molecular weight is 200 g/mol. The molecule has 0 spiro atoms. The van der Waals surface area contributed by atoms with E-state index in [1.807, 2.05) is 6.07 Å². The molecule has 0 atom stereocenters. The van der Waals surface area contributed by atoms with Crippen LogP contribution in [0.2, 0.25) is 0 Å². The van der Waals surface area contributed by atoms with Crippen LogP contribution in [0.4, 0.5) is 0 Å². The van der Waals surface area contributed by atoms with E-state index < -0.39 is 0 Å². The number of aliphatic hydroxyl groups excluding tert-OH is 1. The van der Waals surface area contributed by atoms with Crippen LogP contribution < -0.4 is 0 Å². The molecule has 15 heavy (non-hydrogen) atoms. The first-order valence-corrected chi connectivity index (χ1v) is 4.47. The van der Waals surface area contributed by atoms with Crippen LogP contribution in [0, 0.1) is 0 Å². The summed E-state index contributed by atoms with van der Waals surface area (Å²) < 4.78 is 0. The van der Waals surface area contributed by atoms with E-state index >= 15 is 0 Å². The number of hydrogen-bond acceptors (Lipinski definition) is 2. The number of benzene rings is 1. The molecule has 1 aromatic carbocycles. The largest absolute Gasteiger partial charge is 0.508 e. The maximum Gasteiger partial charge on any atom is 0.196 e. The van der Waals surface area contributed by atoms with Crippen LogP contribution in [-0.4, -0.2) is 10.9 Å². The third-order valence-corrected chi connectivity index (χ3v) is 1.88. The molecule has 0 saturated carbocycles. The second kappa shape index (κ2) is 4.96. The molecule has 0 amide bonds. The number of Topliss-reactive ketones (excluding diaryl/α,β-unsaturated/α-hetero) is 1. The first-order chi connectivity index (χ1) is 7.16. The van der Waals surface area contributed by atoms with Gasteiger partial charge < -0.3 is 5.11 Å². The summed E-state index contributed by atoms with van der Waals surface area (Å²) >= 11 is 0. The van der Waals surface area contributed by atoms with Crippen molar-refractivity contribution in [1.82, 2.24) is 0 Å². The molecule has 0 aliphatic rings. The SMILES string of the molecule is C=C/C=C(\C(=C)O)C(=O)c1ccccc1. The van der Waals surface area contributed by atoms with Crippen molar-refractivity contribution in [3.8, 4) is 0 Å². The molecule has 0 saturated heterocycles. The fraction of sp³-hybridized carbons (Fsp3) is 0. The second-order valence-corrected chi connectivity index (χ2v) is 2.96. The third kappa shape index (κ3) is 2.68. The molecule has 0 heterocycles. The Hall–Kier alpha value is -2.09. The van der Waals surface area contributed by atoms with Crippen LogP contribution in [0.3, 0.4) is 0 Å². The van der Waals surface area contributed by atoms with Gasteiger partial charge in [-0.05, 0) is 6.08 Å². The second-order valence-electron chi connectivity index (χ2n) is 2.96. The molecule has 0 unspecified atom stereocenters. The maximum atomic E-state index is 11.8. The predicted molar refractivity (Wildman–Crippen MR) is 60.8 cm³/mol. The first-order valence-electron chi connectivity index (χ1n) is 4.47. The molecule has 76 valence electrons. The topological polar surface area (TPSA) is 37.3 Å². The Labute approximate surface area is 88.9 Å². The van der Waals surface area contributed by atoms with Crippen molar-refractivity contribution in [2.75, 3.05) is 0 Å². The zero-order valence-electron chi connectivity index (χ0n) is 8.31. The summed E-state index contributed by atoms with van der Waals surface area (Å²) in [6.45, 7) is 6.82. The Kier molecular flexibility index (Phi) is 3.63. The Balaban J connectivity index is 3.08. The van der Waals surface area contributed by atoms with Gasteiger partial charge in [0.05, 0.1) is 5.57 Å². The van der Waals surface area contributed by atoms with E-state index in [1.165, 1.54) is 12.2 Å². The van der Waals surface area contributed by atoms with Crippen LogP contribution in [0.5, 0.6) is 0 Å². The van der Waals surface area contributed by atoms with Crippen LogP contribution in [0.25, 0.3) is 0 Å². The first kappa shape index (κ1) is 11.0. The van der Waals surface area contributed by atoms with Crippen LogP contribution in [0.1, 0.15) is 10.4 Å². The summed E-state index contributed by atoms with van der Waals surface area (Å²) in [4.78, 5) is 11.8. The number of hydrogen-bond donors (Lipinski definition) is 1. The van der Waals surface area contributed by atoms with E-state index in [0.29, 0.717) is 5.56 Å². The zero-order valence-corrected chi connectivity index (χ0v) is 8.31. The minimum absolute atomic E-state index is 0.163. The Morgan fingerprint density at radius 3 is 2.33 bits per heavy atom. The van der Waals surface area contributed by atoms with Gasteiger partial charge in [0.2, 0.25) is 0 Å². The van der Waals surface area contributed by atoms with Gasteiger partial charge in [0.15, 0.2) is 5.78 Å². The van der Waals surface area contributed by atoms with E-state index in [0.717, 1.165) is 0 Å². The molecular formula is C13H12O2. The van der Waals surface area contributed by atoms with E-state index in [-0.39, 0.29) is 17.1 Å². The number of rotatable bonds is 4. The molecule has 0 fully saturated rings. The van der Waals surface area contributed by atoms with Crippen molar-refractivity contribution in [3.05, 3.63) is 72.5 Å². The van der Waals surface area contributed by atoms with Crippen molar-refractivity contribution in [2.45, 2.75) is 0 Å². The summed E-state index contributed by atoms with van der Waals surface area (Å²) in [6.07, 6.45) is 2.88. The number of carbonyl (C=O) groups excluding carboxylic acids is 1. The Bertz CT molecular complexity index is 413. The lowest BCUT2D eigenvalue weighted by Gasteiger charge is -2.03. The highest BCUT2D eigenvalue weighted by atomic mass is 16.3. The lowest BCUT2D eigenvalue weighted by atomic mass is 10.0. The van der Waals surface area contributed by atoms with Crippen molar-refractivity contribution < 1.29 is 9.90 Å². The van der Waals surface area contributed by atoms with Gasteiger partial charge in [-0.25, -0.2) is 0 Å². The van der Waals surface area contributed by atoms with Crippen LogP contribution in [0.15, 0.2) is 67.0 Å². The van der Waals surface area contributed by atoms with Crippen LogP contribution in [-0.2, 0) is 0 Å². The maximum absolute atomic E-state index is 11.8. The van der Waals surface area contributed by atoms with E-state index in [1.54, 1.807) is 24.3 Å². The van der Waals surface area contributed by atoms with Gasteiger partial charge in [0, 0.05) is 5.56 Å². The fourth-order valence-corrected chi connectivity index (χ4v) is 1.17. The summed E-state index contributed by atoms with van der Waals surface area (Å²) in [5.74, 6) is -0.508. The quantitative estimate of drug-likeness (QED) is 0.351. The average Bonchev–Trinajstić information content (AvgIpc) is 2.26. The normalized spacial score (nSPS) is 10.8. The molecule has 2 heteroatoms. The fourth-order valence-electron chi connectivity index (χ4n) is 1.17. The molecule has 2 nitrogen and oxygen atoms in total. The summed E-state index contributed by atoms with van der Waals surface area (Å²) in [5, 5.41) is 9.24. The van der Waals surface area contributed by atoms with Gasteiger partial charge in [-0.3, -0.25) is 4.79 Å². The molecule has 1 N–H and O–H groups in total. The smallest absolute Gasteiger partial charge is 0.196 e. The van der Waals surface area contributed by atoms with Gasteiger partial charge in [-0.2, -0.15) is 0 Å².